The minimum Gasteiger partial charge on any atom is -0.396 e. The Hall–Kier alpha value is -1.89. The van der Waals surface area contributed by atoms with Gasteiger partial charge < -0.3 is 5.11 Å². The molecule has 0 saturated carbocycles. The molecule has 0 amide bonds. The largest absolute Gasteiger partial charge is 0.416 e. The summed E-state index contributed by atoms with van der Waals surface area (Å²) in [5.74, 6) is 0. The first-order valence-corrected chi connectivity index (χ1v) is 9.23. The van der Waals surface area contributed by atoms with Gasteiger partial charge in [-0.2, -0.15) is 13.2 Å². The van der Waals surface area contributed by atoms with Gasteiger partial charge in [-0.15, -0.1) is 0 Å². The molecule has 1 aliphatic heterocycles. The third-order valence-electron chi connectivity index (χ3n) is 5.07. The van der Waals surface area contributed by atoms with Crippen LogP contribution in [-0.4, -0.2) is 47.2 Å². The van der Waals surface area contributed by atoms with Crippen LogP contribution in [-0.2, 0) is 19.3 Å². The Morgan fingerprint density at radius 2 is 1.56 bits per heavy atom. The maximum Gasteiger partial charge on any atom is 0.416 e. The van der Waals surface area contributed by atoms with Crippen molar-refractivity contribution in [1.29, 1.82) is 0 Å². The first-order chi connectivity index (χ1) is 13.0. The number of rotatable bonds is 6. The molecule has 3 nitrogen and oxygen atoms in total. The molecule has 1 heterocycles. The number of piperazine rings is 1. The quantitative estimate of drug-likeness (QED) is 0.829. The lowest BCUT2D eigenvalue weighted by Crippen LogP contribution is -2.52. The standard InChI is InChI=1S/C21H25F3N2O/c22-21(23,24)19-8-6-18(7-9-19)14-25-11-12-26(20(16-25)10-13-27)15-17-4-2-1-3-5-17/h1-9,20,27H,10-16H2/t20-/m1/s1. The summed E-state index contributed by atoms with van der Waals surface area (Å²) in [5, 5.41) is 9.43. The molecule has 1 saturated heterocycles. The lowest BCUT2D eigenvalue weighted by molar-refractivity contribution is -0.137. The average molecular weight is 378 g/mol. The van der Waals surface area contributed by atoms with Crippen LogP contribution < -0.4 is 0 Å². The van der Waals surface area contributed by atoms with E-state index in [1.165, 1.54) is 5.56 Å². The summed E-state index contributed by atoms with van der Waals surface area (Å²) >= 11 is 0. The molecule has 0 aliphatic carbocycles. The van der Waals surface area contributed by atoms with E-state index >= 15 is 0 Å². The number of hydrogen-bond acceptors (Lipinski definition) is 3. The molecule has 1 aliphatic rings. The van der Waals surface area contributed by atoms with Gasteiger partial charge >= 0.3 is 6.18 Å². The number of benzene rings is 2. The molecule has 146 valence electrons. The molecule has 0 unspecified atom stereocenters. The molecule has 2 aromatic carbocycles. The highest BCUT2D eigenvalue weighted by Gasteiger charge is 2.30. The van der Waals surface area contributed by atoms with E-state index in [0.717, 1.165) is 43.9 Å². The zero-order valence-electron chi connectivity index (χ0n) is 15.2. The molecule has 1 N–H and O–H groups in total. The number of halogens is 3. The second-order valence-corrected chi connectivity index (χ2v) is 7.05. The molecular formula is C21H25F3N2O. The van der Waals surface area contributed by atoms with Gasteiger partial charge in [0.05, 0.1) is 5.56 Å². The van der Waals surface area contributed by atoms with Crippen molar-refractivity contribution in [3.63, 3.8) is 0 Å². The molecule has 0 bridgehead atoms. The van der Waals surface area contributed by atoms with Crippen LogP contribution in [0, 0.1) is 0 Å². The van der Waals surface area contributed by atoms with Gasteiger partial charge in [0.2, 0.25) is 0 Å². The molecule has 27 heavy (non-hydrogen) atoms. The number of alkyl halides is 3. The highest BCUT2D eigenvalue weighted by Crippen LogP contribution is 2.29. The Labute approximate surface area is 158 Å². The van der Waals surface area contributed by atoms with Gasteiger partial charge in [0, 0.05) is 45.4 Å². The first-order valence-electron chi connectivity index (χ1n) is 9.23. The second kappa shape index (κ2) is 8.87. The van der Waals surface area contributed by atoms with E-state index in [4.69, 9.17) is 0 Å². The molecule has 1 fully saturated rings. The molecule has 0 radical (unpaired) electrons. The predicted molar refractivity (Wildman–Crippen MR) is 99.1 cm³/mol. The summed E-state index contributed by atoms with van der Waals surface area (Å²) in [7, 11) is 0. The minimum absolute atomic E-state index is 0.129. The Balaban J connectivity index is 1.60. The summed E-state index contributed by atoms with van der Waals surface area (Å²) in [6.07, 6.45) is -3.61. The summed E-state index contributed by atoms with van der Waals surface area (Å²) in [6, 6.07) is 15.9. The van der Waals surface area contributed by atoms with Crippen LogP contribution in [0.1, 0.15) is 23.1 Å². The summed E-state index contributed by atoms with van der Waals surface area (Å²) in [6.45, 7) is 4.13. The lowest BCUT2D eigenvalue weighted by Gasteiger charge is -2.41. The Morgan fingerprint density at radius 3 is 2.19 bits per heavy atom. The van der Waals surface area contributed by atoms with Crippen LogP contribution in [0.3, 0.4) is 0 Å². The van der Waals surface area contributed by atoms with Gasteiger partial charge in [-0.05, 0) is 29.7 Å². The molecule has 0 spiro atoms. The maximum atomic E-state index is 12.7. The van der Waals surface area contributed by atoms with Crippen LogP contribution in [0.15, 0.2) is 54.6 Å². The molecule has 2 aromatic rings. The summed E-state index contributed by atoms with van der Waals surface area (Å²) in [5.41, 5.74) is 1.51. The van der Waals surface area contributed by atoms with Crippen molar-refractivity contribution in [3.05, 3.63) is 71.3 Å². The van der Waals surface area contributed by atoms with E-state index in [1.54, 1.807) is 12.1 Å². The summed E-state index contributed by atoms with van der Waals surface area (Å²) < 4.78 is 38.1. The van der Waals surface area contributed by atoms with Crippen molar-refractivity contribution in [2.75, 3.05) is 26.2 Å². The van der Waals surface area contributed by atoms with E-state index in [9.17, 15) is 18.3 Å². The van der Waals surface area contributed by atoms with E-state index in [1.807, 2.05) is 18.2 Å². The van der Waals surface area contributed by atoms with Crippen LogP contribution in [0.2, 0.25) is 0 Å². The van der Waals surface area contributed by atoms with Crippen molar-refractivity contribution in [2.45, 2.75) is 31.7 Å². The van der Waals surface area contributed by atoms with Gasteiger partial charge in [0.15, 0.2) is 0 Å². The number of aliphatic hydroxyl groups is 1. The smallest absolute Gasteiger partial charge is 0.396 e. The van der Waals surface area contributed by atoms with E-state index in [-0.39, 0.29) is 12.6 Å². The van der Waals surface area contributed by atoms with Gasteiger partial charge in [-0.1, -0.05) is 42.5 Å². The Morgan fingerprint density at radius 1 is 0.889 bits per heavy atom. The molecule has 3 rings (SSSR count). The fourth-order valence-electron chi connectivity index (χ4n) is 3.61. The Kier molecular flexibility index (Phi) is 6.52. The maximum absolute atomic E-state index is 12.7. The third kappa shape index (κ3) is 5.54. The fraction of sp³-hybridized carbons (Fsp3) is 0.429. The van der Waals surface area contributed by atoms with Gasteiger partial charge in [-0.3, -0.25) is 9.80 Å². The topological polar surface area (TPSA) is 26.7 Å². The summed E-state index contributed by atoms with van der Waals surface area (Å²) in [4.78, 5) is 4.64. The zero-order chi connectivity index (χ0) is 19.3. The fourth-order valence-corrected chi connectivity index (χ4v) is 3.61. The van der Waals surface area contributed by atoms with Gasteiger partial charge in [0.1, 0.15) is 0 Å². The van der Waals surface area contributed by atoms with Crippen molar-refractivity contribution >= 4 is 0 Å². The number of nitrogens with zero attached hydrogens (tertiary/aromatic N) is 2. The highest BCUT2D eigenvalue weighted by atomic mass is 19.4. The van der Waals surface area contributed by atoms with Crippen molar-refractivity contribution in [1.82, 2.24) is 9.80 Å². The van der Waals surface area contributed by atoms with E-state index in [2.05, 4.69) is 21.9 Å². The second-order valence-electron chi connectivity index (χ2n) is 7.05. The Bertz CT molecular complexity index is 704. The normalized spacial score (nSPS) is 19.3. The van der Waals surface area contributed by atoms with Crippen LogP contribution >= 0.6 is 0 Å². The molecular weight excluding hydrogens is 353 g/mol. The monoisotopic (exact) mass is 378 g/mol. The van der Waals surface area contributed by atoms with Crippen LogP contribution in [0.4, 0.5) is 13.2 Å². The third-order valence-corrected chi connectivity index (χ3v) is 5.07. The van der Waals surface area contributed by atoms with Crippen molar-refractivity contribution < 1.29 is 18.3 Å². The average Bonchev–Trinajstić information content (AvgIpc) is 2.65. The van der Waals surface area contributed by atoms with Gasteiger partial charge in [-0.25, -0.2) is 0 Å². The zero-order valence-corrected chi connectivity index (χ0v) is 15.2. The van der Waals surface area contributed by atoms with Gasteiger partial charge in [0.25, 0.3) is 0 Å². The minimum atomic E-state index is -4.30. The molecule has 1 atom stereocenters. The van der Waals surface area contributed by atoms with E-state index < -0.39 is 11.7 Å². The SMILES string of the molecule is OCC[C@@H]1CN(Cc2ccc(C(F)(F)F)cc2)CCN1Cc1ccccc1. The molecule has 0 aromatic heterocycles. The molecule has 6 heteroatoms. The van der Waals surface area contributed by atoms with E-state index in [0.29, 0.717) is 13.0 Å². The lowest BCUT2D eigenvalue weighted by atomic mass is 10.1. The first kappa shape index (κ1) is 19.9. The van der Waals surface area contributed by atoms with Crippen LogP contribution in [0.25, 0.3) is 0 Å². The number of aliphatic hydroxyl groups excluding tert-OH is 1. The van der Waals surface area contributed by atoms with Crippen LogP contribution in [0.5, 0.6) is 0 Å². The van der Waals surface area contributed by atoms with Crippen molar-refractivity contribution in [2.24, 2.45) is 0 Å². The number of hydrogen-bond donors (Lipinski definition) is 1. The highest BCUT2D eigenvalue weighted by molar-refractivity contribution is 5.24. The van der Waals surface area contributed by atoms with Crippen molar-refractivity contribution in [3.8, 4) is 0 Å². The predicted octanol–water partition coefficient (Wildman–Crippen LogP) is 3.77.